The number of nitrogens with two attached hydrogens (primary N) is 1. The predicted molar refractivity (Wildman–Crippen MR) is 157 cm³/mol. The SMILES string of the molecule is CC#CCn1c(N2CCCC(N)C2)nc2c1c(=O)n(Cc1nc(C)c3sc4cc(OC)ccc4c3n1)c(=O)n2C. The van der Waals surface area contributed by atoms with Crippen molar-refractivity contribution in [2.75, 3.05) is 25.1 Å². The summed E-state index contributed by atoms with van der Waals surface area (Å²) in [6, 6.07) is 5.86. The molecule has 0 radical (unpaired) electrons. The Kier molecular flexibility index (Phi) is 6.56. The molecule has 5 heterocycles. The van der Waals surface area contributed by atoms with Gasteiger partial charge < -0.3 is 15.4 Å². The fourth-order valence-corrected chi connectivity index (χ4v) is 6.51. The van der Waals surface area contributed by atoms with Crippen LogP contribution >= 0.6 is 11.3 Å². The van der Waals surface area contributed by atoms with Crippen molar-refractivity contribution in [1.29, 1.82) is 0 Å². The minimum Gasteiger partial charge on any atom is -0.497 e. The fraction of sp³-hybridized carbons (Fsp3) is 0.393. The molecule has 4 aromatic heterocycles. The molecule has 1 aromatic carbocycles. The van der Waals surface area contributed by atoms with Gasteiger partial charge in [0.25, 0.3) is 5.56 Å². The number of rotatable bonds is 5. The van der Waals surface area contributed by atoms with Gasteiger partial charge in [0.2, 0.25) is 5.95 Å². The van der Waals surface area contributed by atoms with Crippen LogP contribution in [-0.4, -0.2) is 54.9 Å². The number of aromatic nitrogens is 6. The second kappa shape index (κ2) is 10.1. The van der Waals surface area contributed by atoms with Gasteiger partial charge in [-0.2, -0.15) is 4.98 Å². The summed E-state index contributed by atoms with van der Waals surface area (Å²) in [6.45, 7) is 5.26. The molecule has 0 aliphatic carbocycles. The van der Waals surface area contributed by atoms with Crippen LogP contribution in [0, 0.1) is 18.8 Å². The van der Waals surface area contributed by atoms with Crippen LogP contribution < -0.4 is 26.6 Å². The Hall–Kier alpha value is -4.21. The van der Waals surface area contributed by atoms with Gasteiger partial charge in [0.15, 0.2) is 11.2 Å². The van der Waals surface area contributed by atoms with Gasteiger partial charge in [-0.05, 0) is 44.9 Å². The number of piperidine rings is 1. The Labute approximate surface area is 233 Å². The second-order valence-electron chi connectivity index (χ2n) is 10.0. The summed E-state index contributed by atoms with van der Waals surface area (Å²) >= 11 is 1.59. The summed E-state index contributed by atoms with van der Waals surface area (Å²) in [7, 11) is 3.27. The zero-order chi connectivity index (χ0) is 28.1. The summed E-state index contributed by atoms with van der Waals surface area (Å²) in [5.74, 6) is 7.73. The highest BCUT2D eigenvalue weighted by molar-refractivity contribution is 7.25. The van der Waals surface area contributed by atoms with E-state index in [1.54, 1.807) is 37.0 Å². The van der Waals surface area contributed by atoms with Crippen molar-refractivity contribution in [3.8, 4) is 17.6 Å². The molecular formula is C28H30N8O3S. The van der Waals surface area contributed by atoms with Crippen LogP contribution in [0.25, 0.3) is 31.5 Å². The number of thiophene rings is 1. The second-order valence-corrected chi connectivity index (χ2v) is 11.1. The van der Waals surface area contributed by atoms with Gasteiger partial charge in [-0.15, -0.1) is 17.3 Å². The summed E-state index contributed by atoms with van der Waals surface area (Å²) < 4.78 is 11.8. The molecule has 0 bridgehead atoms. The van der Waals surface area contributed by atoms with Gasteiger partial charge in [-0.25, -0.2) is 14.8 Å². The van der Waals surface area contributed by atoms with Gasteiger partial charge in [0, 0.05) is 36.3 Å². The number of hydrogen-bond acceptors (Lipinski definition) is 9. The van der Waals surface area contributed by atoms with Gasteiger partial charge in [-0.3, -0.25) is 18.5 Å². The molecule has 206 valence electrons. The number of methoxy groups -OCH3 is 1. The predicted octanol–water partition coefficient (Wildman–Crippen LogP) is 2.37. The molecule has 1 saturated heterocycles. The van der Waals surface area contributed by atoms with Gasteiger partial charge in [0.05, 0.1) is 36.1 Å². The van der Waals surface area contributed by atoms with Crippen LogP contribution in [0.4, 0.5) is 5.95 Å². The first-order chi connectivity index (χ1) is 19.3. The third kappa shape index (κ3) is 4.22. The molecule has 1 atom stereocenters. The van der Waals surface area contributed by atoms with Gasteiger partial charge in [-0.1, -0.05) is 5.92 Å². The molecule has 5 aromatic rings. The normalized spacial score (nSPS) is 15.6. The van der Waals surface area contributed by atoms with Gasteiger partial charge in [0.1, 0.15) is 11.6 Å². The Bertz CT molecular complexity index is 1970. The van der Waals surface area contributed by atoms with Crippen LogP contribution in [0.5, 0.6) is 5.75 Å². The van der Waals surface area contributed by atoms with E-state index in [0.29, 0.717) is 29.5 Å². The number of benzene rings is 1. The maximum absolute atomic E-state index is 14.0. The van der Waals surface area contributed by atoms with Crippen LogP contribution in [0.3, 0.4) is 0 Å². The van der Waals surface area contributed by atoms with E-state index in [1.165, 1.54) is 9.13 Å². The number of fused-ring (bicyclic) bond motifs is 4. The van der Waals surface area contributed by atoms with Crippen molar-refractivity contribution in [2.24, 2.45) is 12.8 Å². The average molecular weight is 559 g/mol. The molecule has 0 saturated carbocycles. The lowest BCUT2D eigenvalue weighted by Crippen LogP contribution is -2.44. The summed E-state index contributed by atoms with van der Waals surface area (Å²) in [5, 5.41) is 0.976. The van der Waals surface area contributed by atoms with E-state index in [1.807, 2.05) is 25.1 Å². The number of anilines is 1. The standard InChI is InChI=1S/C28H30N8O3S/c1-5-6-12-35-23-25(32-27(35)34-11-7-8-17(29)14-34)33(3)28(38)36(26(23)37)15-21-30-16(2)24-22(31-21)19-10-9-18(39-4)13-20(19)40-24/h9-10,13,17H,7-8,11-12,14-15,29H2,1-4H3. The van der Waals surface area contributed by atoms with Crippen molar-refractivity contribution in [3.63, 3.8) is 0 Å². The van der Waals surface area contributed by atoms with E-state index >= 15 is 0 Å². The van der Waals surface area contributed by atoms with Gasteiger partial charge >= 0.3 is 5.69 Å². The maximum Gasteiger partial charge on any atom is 0.332 e. The minimum absolute atomic E-state index is 0.0179. The minimum atomic E-state index is -0.480. The van der Waals surface area contributed by atoms with Crippen molar-refractivity contribution in [1.82, 2.24) is 28.7 Å². The smallest absolute Gasteiger partial charge is 0.332 e. The highest BCUT2D eigenvalue weighted by Gasteiger charge is 2.26. The number of ether oxygens (including phenoxy) is 1. The zero-order valence-electron chi connectivity index (χ0n) is 22.9. The molecule has 40 heavy (non-hydrogen) atoms. The first kappa shape index (κ1) is 26.0. The first-order valence-corrected chi connectivity index (χ1v) is 14.0. The molecule has 2 N–H and O–H groups in total. The van der Waals surface area contributed by atoms with E-state index in [2.05, 4.69) is 21.7 Å². The van der Waals surface area contributed by atoms with E-state index in [4.69, 9.17) is 20.4 Å². The molecule has 1 unspecified atom stereocenters. The van der Waals surface area contributed by atoms with Crippen molar-refractivity contribution in [2.45, 2.75) is 45.8 Å². The molecule has 6 rings (SSSR count). The fourth-order valence-electron chi connectivity index (χ4n) is 5.40. The maximum atomic E-state index is 14.0. The van der Waals surface area contributed by atoms with Crippen LogP contribution in [-0.2, 0) is 20.1 Å². The number of aryl methyl sites for hydroxylation is 2. The molecule has 0 amide bonds. The topological polar surface area (TPSA) is 126 Å². The van der Waals surface area contributed by atoms with Crippen LogP contribution in [0.15, 0.2) is 27.8 Å². The number of hydrogen-bond donors (Lipinski definition) is 1. The highest BCUT2D eigenvalue weighted by atomic mass is 32.1. The Morgan fingerprint density at radius 1 is 1.20 bits per heavy atom. The Balaban J connectivity index is 1.51. The van der Waals surface area contributed by atoms with Crippen molar-refractivity contribution >= 4 is 48.8 Å². The molecule has 1 aliphatic rings. The van der Waals surface area contributed by atoms with Crippen LogP contribution in [0.1, 0.15) is 31.3 Å². The lowest BCUT2D eigenvalue weighted by molar-refractivity contribution is 0.415. The lowest BCUT2D eigenvalue weighted by Gasteiger charge is -2.31. The zero-order valence-corrected chi connectivity index (χ0v) is 23.7. The van der Waals surface area contributed by atoms with Crippen LogP contribution in [0.2, 0.25) is 0 Å². The molecule has 0 spiro atoms. The van der Waals surface area contributed by atoms with E-state index < -0.39 is 11.2 Å². The highest BCUT2D eigenvalue weighted by Crippen LogP contribution is 2.36. The summed E-state index contributed by atoms with van der Waals surface area (Å²) in [5.41, 5.74) is 7.55. The third-order valence-corrected chi connectivity index (χ3v) is 8.65. The van der Waals surface area contributed by atoms with Crippen molar-refractivity contribution in [3.05, 3.63) is 50.6 Å². The molecule has 12 heteroatoms. The summed E-state index contributed by atoms with van der Waals surface area (Å²) in [6.07, 6.45) is 1.86. The van der Waals surface area contributed by atoms with E-state index in [0.717, 1.165) is 51.1 Å². The number of nitrogens with zero attached hydrogens (tertiary/aromatic N) is 7. The molecule has 1 fully saturated rings. The van der Waals surface area contributed by atoms with E-state index in [-0.39, 0.29) is 19.1 Å². The average Bonchev–Trinajstić information content (AvgIpc) is 3.52. The quantitative estimate of drug-likeness (QED) is 0.326. The van der Waals surface area contributed by atoms with E-state index in [9.17, 15) is 9.59 Å². The van der Waals surface area contributed by atoms with Crippen molar-refractivity contribution < 1.29 is 4.74 Å². The molecular weight excluding hydrogens is 528 g/mol. The monoisotopic (exact) mass is 558 g/mol. The Morgan fingerprint density at radius 2 is 2.02 bits per heavy atom. The Morgan fingerprint density at radius 3 is 2.77 bits per heavy atom. The third-order valence-electron chi connectivity index (χ3n) is 7.40. The summed E-state index contributed by atoms with van der Waals surface area (Å²) in [4.78, 5) is 43.8. The molecule has 1 aliphatic heterocycles. The largest absolute Gasteiger partial charge is 0.497 e. The number of imidazole rings is 1. The molecule has 11 nitrogen and oxygen atoms in total. The first-order valence-electron chi connectivity index (χ1n) is 13.1. The lowest BCUT2D eigenvalue weighted by atomic mass is 10.1.